The van der Waals surface area contributed by atoms with Crippen molar-refractivity contribution in [1.29, 1.82) is 0 Å². The van der Waals surface area contributed by atoms with Gasteiger partial charge in [-0.15, -0.1) is 0 Å². The van der Waals surface area contributed by atoms with Crippen LogP contribution >= 0.6 is 0 Å². The molecule has 1 spiro atoms. The van der Waals surface area contributed by atoms with Crippen molar-refractivity contribution in [3.63, 3.8) is 0 Å². The van der Waals surface area contributed by atoms with Gasteiger partial charge in [0.15, 0.2) is 0 Å². The monoisotopic (exact) mass is 443 g/mol. The van der Waals surface area contributed by atoms with Crippen LogP contribution in [0.25, 0.3) is 0 Å². The van der Waals surface area contributed by atoms with Crippen molar-refractivity contribution in [3.8, 4) is 5.75 Å². The molecule has 0 unspecified atom stereocenters. The zero-order chi connectivity index (χ0) is 22.2. The second kappa shape index (κ2) is 7.97. The first kappa shape index (κ1) is 21.3. The molecule has 2 aromatic carbocycles. The number of hydrogen-bond donors (Lipinski definition) is 1. The van der Waals surface area contributed by atoms with E-state index in [4.69, 9.17) is 4.74 Å². The standard InChI is InChI=1S/C22H25N3O5S/c1-16-14-18(8-9-19(16)30-2)31(28,29)24-12-10-22(11-13-24)20(26)25(21(27)23-22)15-17-6-4-3-5-7-17/h3-9,14H,10-13,15H2,1-2H3,(H,23,27). The fraction of sp³-hybridized carbons (Fsp3) is 0.364. The summed E-state index contributed by atoms with van der Waals surface area (Å²) in [4.78, 5) is 27.0. The van der Waals surface area contributed by atoms with E-state index in [0.717, 1.165) is 11.1 Å². The number of carbonyl (C=O) groups is 2. The third-order valence-electron chi connectivity index (χ3n) is 6.01. The molecule has 8 nitrogen and oxygen atoms in total. The van der Waals surface area contributed by atoms with E-state index < -0.39 is 21.6 Å². The summed E-state index contributed by atoms with van der Waals surface area (Å²) in [6.45, 7) is 2.29. The fourth-order valence-electron chi connectivity index (χ4n) is 4.19. The molecular weight excluding hydrogens is 418 g/mol. The second-order valence-corrected chi connectivity index (χ2v) is 9.86. The Bertz CT molecular complexity index is 1110. The SMILES string of the molecule is COc1ccc(S(=O)(=O)N2CCC3(CC2)NC(=O)N(Cc2ccccc2)C3=O)cc1C. The molecule has 2 saturated heterocycles. The summed E-state index contributed by atoms with van der Waals surface area (Å²) in [5.74, 6) is 0.327. The van der Waals surface area contributed by atoms with Crippen LogP contribution in [-0.2, 0) is 21.4 Å². The molecule has 164 valence electrons. The summed E-state index contributed by atoms with van der Waals surface area (Å²) < 4.78 is 32.8. The van der Waals surface area contributed by atoms with Crippen LogP contribution in [0.4, 0.5) is 4.79 Å². The normalized spacial score (nSPS) is 19.0. The lowest BCUT2D eigenvalue weighted by atomic mass is 9.88. The van der Waals surface area contributed by atoms with Crippen LogP contribution in [-0.4, -0.2) is 55.3 Å². The topological polar surface area (TPSA) is 96.0 Å². The highest BCUT2D eigenvalue weighted by Gasteiger charge is 2.53. The van der Waals surface area contributed by atoms with Crippen molar-refractivity contribution in [2.45, 2.75) is 36.7 Å². The van der Waals surface area contributed by atoms with E-state index in [1.807, 2.05) is 30.3 Å². The molecule has 0 bridgehead atoms. The third-order valence-corrected chi connectivity index (χ3v) is 7.90. The Morgan fingerprint density at radius 1 is 1.06 bits per heavy atom. The molecule has 2 aliphatic rings. The zero-order valence-corrected chi connectivity index (χ0v) is 18.3. The van der Waals surface area contributed by atoms with Crippen LogP contribution in [0.5, 0.6) is 5.75 Å². The Hall–Kier alpha value is -2.91. The number of ether oxygens (including phenoxy) is 1. The minimum absolute atomic E-state index is 0.151. The second-order valence-electron chi connectivity index (χ2n) is 7.92. The molecule has 2 aromatic rings. The number of carbonyl (C=O) groups excluding carboxylic acids is 2. The molecular formula is C22H25N3O5S. The number of nitrogens with zero attached hydrogens (tertiary/aromatic N) is 2. The molecule has 0 aromatic heterocycles. The van der Waals surface area contributed by atoms with Gasteiger partial charge in [-0.25, -0.2) is 13.2 Å². The number of methoxy groups -OCH3 is 1. The number of amides is 3. The van der Waals surface area contributed by atoms with Gasteiger partial charge < -0.3 is 10.1 Å². The zero-order valence-electron chi connectivity index (χ0n) is 17.5. The predicted molar refractivity (Wildman–Crippen MR) is 114 cm³/mol. The van der Waals surface area contributed by atoms with Gasteiger partial charge in [-0.1, -0.05) is 30.3 Å². The van der Waals surface area contributed by atoms with Crippen molar-refractivity contribution in [2.24, 2.45) is 0 Å². The average Bonchev–Trinajstić information content (AvgIpc) is 2.98. The Labute approximate surface area is 181 Å². The van der Waals surface area contributed by atoms with Crippen LogP contribution in [0, 0.1) is 6.92 Å². The maximum Gasteiger partial charge on any atom is 0.325 e. The summed E-state index contributed by atoms with van der Waals surface area (Å²) in [5, 5.41) is 2.82. The van der Waals surface area contributed by atoms with Crippen LogP contribution in [0.1, 0.15) is 24.0 Å². The van der Waals surface area contributed by atoms with Gasteiger partial charge in [-0.3, -0.25) is 9.69 Å². The molecule has 2 aliphatic heterocycles. The summed E-state index contributed by atoms with van der Waals surface area (Å²) >= 11 is 0. The average molecular weight is 444 g/mol. The summed E-state index contributed by atoms with van der Waals surface area (Å²) in [6.07, 6.45) is 0.467. The van der Waals surface area contributed by atoms with Crippen LogP contribution in [0.15, 0.2) is 53.4 Å². The van der Waals surface area contributed by atoms with Gasteiger partial charge in [0.1, 0.15) is 11.3 Å². The Morgan fingerprint density at radius 2 is 1.74 bits per heavy atom. The molecule has 9 heteroatoms. The summed E-state index contributed by atoms with van der Waals surface area (Å²) in [5.41, 5.74) is 0.540. The van der Waals surface area contributed by atoms with E-state index >= 15 is 0 Å². The Kier molecular flexibility index (Phi) is 5.49. The summed E-state index contributed by atoms with van der Waals surface area (Å²) in [6, 6.07) is 13.6. The first-order valence-corrected chi connectivity index (χ1v) is 11.5. The number of imide groups is 1. The molecule has 0 saturated carbocycles. The molecule has 2 heterocycles. The quantitative estimate of drug-likeness (QED) is 0.716. The number of nitrogens with one attached hydrogen (secondary N) is 1. The predicted octanol–water partition coefficient (Wildman–Crippen LogP) is 2.28. The van der Waals surface area contributed by atoms with Crippen molar-refractivity contribution < 1.29 is 22.7 Å². The number of urea groups is 1. The van der Waals surface area contributed by atoms with Crippen molar-refractivity contribution >= 4 is 22.0 Å². The highest BCUT2D eigenvalue weighted by Crippen LogP contribution is 2.33. The van der Waals surface area contributed by atoms with Gasteiger partial charge in [0.2, 0.25) is 10.0 Å². The molecule has 31 heavy (non-hydrogen) atoms. The maximum atomic E-state index is 13.1. The lowest BCUT2D eigenvalue weighted by molar-refractivity contribution is -0.133. The van der Waals surface area contributed by atoms with Gasteiger partial charge >= 0.3 is 6.03 Å². The number of benzene rings is 2. The van der Waals surface area contributed by atoms with Crippen molar-refractivity contribution in [3.05, 3.63) is 59.7 Å². The minimum atomic E-state index is -3.71. The molecule has 4 rings (SSSR count). The molecule has 0 atom stereocenters. The maximum absolute atomic E-state index is 13.1. The molecule has 0 aliphatic carbocycles. The summed E-state index contributed by atoms with van der Waals surface area (Å²) in [7, 11) is -2.17. The first-order chi connectivity index (χ1) is 14.8. The molecule has 0 radical (unpaired) electrons. The lowest BCUT2D eigenvalue weighted by Crippen LogP contribution is -2.55. The van der Waals surface area contributed by atoms with Gasteiger partial charge in [0.05, 0.1) is 18.6 Å². The van der Waals surface area contributed by atoms with Gasteiger partial charge in [0.25, 0.3) is 5.91 Å². The van der Waals surface area contributed by atoms with Gasteiger partial charge in [-0.05, 0) is 49.1 Å². The van der Waals surface area contributed by atoms with Crippen LogP contribution in [0.2, 0.25) is 0 Å². The highest BCUT2D eigenvalue weighted by molar-refractivity contribution is 7.89. The molecule has 2 fully saturated rings. The Balaban J connectivity index is 1.48. The number of sulfonamides is 1. The number of piperidine rings is 1. The van der Waals surface area contributed by atoms with E-state index in [1.54, 1.807) is 19.1 Å². The molecule has 1 N–H and O–H groups in total. The van der Waals surface area contributed by atoms with E-state index in [1.165, 1.54) is 22.4 Å². The number of rotatable bonds is 5. The lowest BCUT2D eigenvalue weighted by Gasteiger charge is -2.36. The number of aryl methyl sites for hydroxylation is 1. The largest absolute Gasteiger partial charge is 0.496 e. The Morgan fingerprint density at radius 3 is 2.35 bits per heavy atom. The van der Waals surface area contributed by atoms with Crippen molar-refractivity contribution in [2.75, 3.05) is 20.2 Å². The minimum Gasteiger partial charge on any atom is -0.496 e. The van der Waals surface area contributed by atoms with Crippen LogP contribution < -0.4 is 10.1 Å². The fourth-order valence-corrected chi connectivity index (χ4v) is 5.72. The van der Waals surface area contributed by atoms with Crippen LogP contribution in [0.3, 0.4) is 0 Å². The van der Waals surface area contributed by atoms with E-state index in [-0.39, 0.29) is 43.3 Å². The van der Waals surface area contributed by atoms with E-state index in [0.29, 0.717) is 5.75 Å². The third kappa shape index (κ3) is 3.79. The van der Waals surface area contributed by atoms with Crippen molar-refractivity contribution in [1.82, 2.24) is 14.5 Å². The first-order valence-electron chi connectivity index (χ1n) is 10.1. The van der Waals surface area contributed by atoms with Gasteiger partial charge in [-0.2, -0.15) is 4.31 Å². The smallest absolute Gasteiger partial charge is 0.325 e. The van der Waals surface area contributed by atoms with E-state index in [9.17, 15) is 18.0 Å². The van der Waals surface area contributed by atoms with E-state index in [2.05, 4.69) is 5.32 Å². The number of hydrogen-bond acceptors (Lipinski definition) is 5. The van der Waals surface area contributed by atoms with Gasteiger partial charge in [0, 0.05) is 13.1 Å². The highest BCUT2D eigenvalue weighted by atomic mass is 32.2. The molecule has 3 amide bonds.